The first kappa shape index (κ1) is 19.5. The number of ether oxygens (including phenoxy) is 1. The van der Waals surface area contributed by atoms with Gasteiger partial charge in [0, 0.05) is 18.7 Å². The standard InChI is InChI=1S/C21H21FN2O4/c1-2-14-7-3-6-10-18(14)24-12-15(11-20(24)26)21(27)28-13-19(25)23-17-9-5-4-8-16(17)22/h3-10,15H,2,11-13H2,1H3,(H,23,25)/t15-/m1/s1. The van der Waals surface area contributed by atoms with Crippen LogP contribution in [0.4, 0.5) is 15.8 Å². The molecule has 0 unspecified atom stereocenters. The minimum Gasteiger partial charge on any atom is -0.455 e. The third kappa shape index (κ3) is 4.36. The van der Waals surface area contributed by atoms with Gasteiger partial charge in [-0.3, -0.25) is 14.4 Å². The molecule has 0 aliphatic carbocycles. The molecule has 7 heteroatoms. The first-order valence-corrected chi connectivity index (χ1v) is 9.09. The molecule has 1 saturated heterocycles. The van der Waals surface area contributed by atoms with Crippen molar-refractivity contribution >= 4 is 29.2 Å². The molecule has 0 radical (unpaired) electrons. The lowest BCUT2D eigenvalue weighted by Gasteiger charge is -2.19. The molecule has 0 saturated carbocycles. The minimum atomic E-state index is -0.643. The number of amides is 2. The van der Waals surface area contributed by atoms with Crippen molar-refractivity contribution in [1.82, 2.24) is 0 Å². The molecule has 2 aromatic carbocycles. The number of carbonyl (C=O) groups is 3. The third-order valence-corrected chi connectivity index (χ3v) is 4.62. The molecule has 1 heterocycles. The predicted octanol–water partition coefficient (Wildman–Crippen LogP) is 2.92. The molecule has 6 nitrogen and oxygen atoms in total. The van der Waals surface area contributed by atoms with E-state index in [1.165, 1.54) is 18.2 Å². The maximum Gasteiger partial charge on any atom is 0.311 e. The average molecular weight is 384 g/mol. The number of nitrogens with one attached hydrogen (secondary N) is 1. The summed E-state index contributed by atoms with van der Waals surface area (Å²) in [5, 5.41) is 2.35. The van der Waals surface area contributed by atoms with E-state index < -0.39 is 30.2 Å². The van der Waals surface area contributed by atoms with Crippen LogP contribution >= 0.6 is 0 Å². The zero-order chi connectivity index (χ0) is 20.1. The van der Waals surface area contributed by atoms with Crippen LogP contribution in [0.25, 0.3) is 0 Å². The molecule has 146 valence electrons. The van der Waals surface area contributed by atoms with Gasteiger partial charge in [-0.2, -0.15) is 0 Å². The van der Waals surface area contributed by atoms with E-state index in [9.17, 15) is 18.8 Å². The van der Waals surface area contributed by atoms with Crippen LogP contribution in [0.15, 0.2) is 48.5 Å². The summed E-state index contributed by atoms with van der Waals surface area (Å²) in [5.41, 5.74) is 1.83. The maximum atomic E-state index is 13.5. The lowest BCUT2D eigenvalue weighted by atomic mass is 10.1. The molecule has 3 rings (SSSR count). The molecule has 2 amide bonds. The summed E-state index contributed by atoms with van der Waals surface area (Å²) in [6, 6.07) is 13.3. The number of aryl methyl sites for hydroxylation is 1. The van der Waals surface area contributed by atoms with E-state index in [2.05, 4.69) is 5.32 Å². The third-order valence-electron chi connectivity index (χ3n) is 4.62. The van der Waals surface area contributed by atoms with E-state index in [4.69, 9.17) is 4.74 Å². The zero-order valence-corrected chi connectivity index (χ0v) is 15.5. The lowest BCUT2D eigenvalue weighted by Crippen LogP contribution is -2.28. The number of hydrogen-bond acceptors (Lipinski definition) is 4. The summed E-state index contributed by atoms with van der Waals surface area (Å²) < 4.78 is 18.6. The highest BCUT2D eigenvalue weighted by atomic mass is 19.1. The molecule has 2 aromatic rings. The van der Waals surface area contributed by atoms with E-state index >= 15 is 0 Å². The van der Waals surface area contributed by atoms with Crippen molar-refractivity contribution < 1.29 is 23.5 Å². The Kier molecular flexibility index (Phi) is 6.03. The van der Waals surface area contributed by atoms with Gasteiger partial charge in [-0.1, -0.05) is 37.3 Å². The molecule has 1 aliphatic heterocycles. The quantitative estimate of drug-likeness (QED) is 0.777. The summed E-state index contributed by atoms with van der Waals surface area (Å²) in [6.07, 6.45) is 0.803. The molecular weight excluding hydrogens is 363 g/mol. The highest BCUT2D eigenvalue weighted by molar-refractivity contribution is 6.00. The number of hydrogen-bond donors (Lipinski definition) is 1. The Morgan fingerprint density at radius 1 is 1.18 bits per heavy atom. The molecule has 1 atom stereocenters. The van der Waals surface area contributed by atoms with Crippen molar-refractivity contribution in [3.8, 4) is 0 Å². The van der Waals surface area contributed by atoms with E-state index in [0.29, 0.717) is 0 Å². The number of rotatable bonds is 6. The number of nitrogens with zero attached hydrogens (tertiary/aromatic N) is 1. The maximum absolute atomic E-state index is 13.5. The molecule has 28 heavy (non-hydrogen) atoms. The van der Waals surface area contributed by atoms with Crippen molar-refractivity contribution in [3.05, 3.63) is 59.9 Å². The van der Waals surface area contributed by atoms with Gasteiger partial charge in [0.05, 0.1) is 11.6 Å². The van der Waals surface area contributed by atoms with Gasteiger partial charge < -0.3 is 15.0 Å². The van der Waals surface area contributed by atoms with Crippen LogP contribution in [0, 0.1) is 11.7 Å². The lowest BCUT2D eigenvalue weighted by molar-refractivity contribution is -0.151. The molecular formula is C21H21FN2O4. The van der Waals surface area contributed by atoms with E-state index in [-0.39, 0.29) is 24.6 Å². The van der Waals surface area contributed by atoms with Crippen molar-refractivity contribution in [2.75, 3.05) is 23.4 Å². The van der Waals surface area contributed by atoms with Crippen LogP contribution < -0.4 is 10.2 Å². The molecule has 1 N–H and O–H groups in total. The molecule has 1 aliphatic rings. The van der Waals surface area contributed by atoms with Gasteiger partial charge in [-0.05, 0) is 30.2 Å². The Labute approximate surface area is 162 Å². The van der Waals surface area contributed by atoms with E-state index in [1.807, 2.05) is 31.2 Å². The van der Waals surface area contributed by atoms with Gasteiger partial charge in [0.25, 0.3) is 5.91 Å². The Balaban J connectivity index is 1.56. The summed E-state index contributed by atoms with van der Waals surface area (Å²) in [5.74, 6) is -2.63. The van der Waals surface area contributed by atoms with Crippen LogP contribution in [0.2, 0.25) is 0 Å². The van der Waals surface area contributed by atoms with Crippen molar-refractivity contribution in [2.24, 2.45) is 5.92 Å². The second kappa shape index (κ2) is 8.65. The van der Waals surface area contributed by atoms with Crippen LogP contribution in [0.3, 0.4) is 0 Å². The fourth-order valence-corrected chi connectivity index (χ4v) is 3.17. The summed E-state index contributed by atoms with van der Waals surface area (Å²) in [7, 11) is 0. The SMILES string of the molecule is CCc1ccccc1N1C[C@H](C(=O)OCC(=O)Nc2ccccc2F)CC1=O. The molecule has 0 spiro atoms. The number of halogens is 1. The number of benzene rings is 2. The minimum absolute atomic E-state index is 0.0157. The summed E-state index contributed by atoms with van der Waals surface area (Å²) in [4.78, 5) is 38.1. The summed E-state index contributed by atoms with van der Waals surface area (Å²) >= 11 is 0. The van der Waals surface area contributed by atoms with Crippen molar-refractivity contribution in [2.45, 2.75) is 19.8 Å². The zero-order valence-electron chi connectivity index (χ0n) is 15.5. The largest absolute Gasteiger partial charge is 0.455 e. The van der Waals surface area contributed by atoms with Gasteiger partial charge in [0.15, 0.2) is 6.61 Å². The van der Waals surface area contributed by atoms with Gasteiger partial charge in [-0.15, -0.1) is 0 Å². The van der Waals surface area contributed by atoms with Crippen LogP contribution in [0.5, 0.6) is 0 Å². The van der Waals surface area contributed by atoms with Crippen molar-refractivity contribution in [1.29, 1.82) is 0 Å². The average Bonchev–Trinajstić information content (AvgIpc) is 3.09. The number of anilines is 2. The van der Waals surface area contributed by atoms with Gasteiger partial charge in [0.1, 0.15) is 5.82 Å². The van der Waals surface area contributed by atoms with Crippen LogP contribution in [0.1, 0.15) is 18.9 Å². The molecule has 0 bridgehead atoms. The first-order valence-electron chi connectivity index (χ1n) is 9.09. The van der Waals surface area contributed by atoms with Gasteiger partial charge in [-0.25, -0.2) is 4.39 Å². The van der Waals surface area contributed by atoms with Crippen molar-refractivity contribution in [3.63, 3.8) is 0 Å². The van der Waals surface area contributed by atoms with Gasteiger partial charge >= 0.3 is 5.97 Å². The fraction of sp³-hybridized carbons (Fsp3) is 0.286. The second-order valence-electron chi connectivity index (χ2n) is 6.52. The summed E-state index contributed by atoms with van der Waals surface area (Å²) in [6.45, 7) is 1.67. The fourth-order valence-electron chi connectivity index (χ4n) is 3.17. The van der Waals surface area contributed by atoms with Crippen LogP contribution in [-0.2, 0) is 25.5 Å². The smallest absolute Gasteiger partial charge is 0.311 e. The van der Waals surface area contributed by atoms with E-state index in [0.717, 1.165) is 17.7 Å². The van der Waals surface area contributed by atoms with E-state index in [1.54, 1.807) is 11.0 Å². The molecule has 1 fully saturated rings. The number of para-hydroxylation sites is 2. The molecule has 0 aromatic heterocycles. The number of esters is 1. The van der Waals surface area contributed by atoms with Gasteiger partial charge in [0.2, 0.25) is 5.91 Å². The highest BCUT2D eigenvalue weighted by Crippen LogP contribution is 2.29. The topological polar surface area (TPSA) is 75.7 Å². The Morgan fingerprint density at radius 2 is 1.89 bits per heavy atom. The highest BCUT2D eigenvalue weighted by Gasteiger charge is 2.37. The second-order valence-corrected chi connectivity index (χ2v) is 6.52. The predicted molar refractivity (Wildman–Crippen MR) is 102 cm³/mol. The Hall–Kier alpha value is -3.22. The first-order chi connectivity index (χ1) is 13.5. The number of carbonyl (C=O) groups excluding carboxylic acids is 3. The normalized spacial score (nSPS) is 16.1. The monoisotopic (exact) mass is 384 g/mol. The Bertz CT molecular complexity index is 899. The Morgan fingerprint density at radius 3 is 2.64 bits per heavy atom. The van der Waals surface area contributed by atoms with Crippen LogP contribution in [-0.4, -0.2) is 30.9 Å².